The Hall–Kier alpha value is -2.14. The van der Waals surface area contributed by atoms with Crippen LogP contribution in [0.5, 0.6) is 0 Å². The molecule has 0 fully saturated rings. The fraction of sp³-hybridized carbons (Fsp3) is 0.444. The normalized spacial score (nSPS) is 12.0. The van der Waals surface area contributed by atoms with E-state index in [1.54, 1.807) is 11.8 Å². The van der Waals surface area contributed by atoms with Gasteiger partial charge in [-0.1, -0.05) is 32.0 Å². The third kappa shape index (κ3) is 5.21. The van der Waals surface area contributed by atoms with Crippen molar-refractivity contribution in [2.45, 2.75) is 26.7 Å². The van der Waals surface area contributed by atoms with Crippen LogP contribution in [0.1, 0.15) is 26.7 Å². The van der Waals surface area contributed by atoms with E-state index in [0.717, 1.165) is 5.69 Å². The van der Waals surface area contributed by atoms with Crippen LogP contribution in [0.4, 0.5) is 5.69 Å². The largest absolute Gasteiger partial charge is 0.511 e. The second-order valence-electron chi connectivity index (χ2n) is 5.60. The first-order valence-corrected chi connectivity index (χ1v) is 7.93. The van der Waals surface area contributed by atoms with Gasteiger partial charge in [0.25, 0.3) is 5.91 Å². The predicted octanol–water partition coefficient (Wildman–Crippen LogP) is 3.23. The highest BCUT2D eigenvalue weighted by Crippen LogP contribution is 2.19. The number of likely N-dealkylation sites (N-methyl/N-ethyl adjacent to an activating group) is 1. The average molecular weight is 317 g/mol. The summed E-state index contributed by atoms with van der Waals surface area (Å²) in [6.07, 6.45) is 0.737. The molecule has 5 nitrogen and oxygen atoms in total. The Bertz CT molecular complexity index is 565. The molecule has 1 aromatic carbocycles. The molecule has 1 amide bonds. The molecular weight excluding hydrogens is 290 g/mol. The Morgan fingerprint density at radius 1 is 1.09 bits per heavy atom. The van der Waals surface area contributed by atoms with Crippen molar-refractivity contribution >= 4 is 17.3 Å². The zero-order valence-electron chi connectivity index (χ0n) is 14.5. The number of carbonyl (C=O) groups excluding carboxylic acids is 1. The van der Waals surface area contributed by atoms with E-state index in [-0.39, 0.29) is 23.0 Å². The van der Waals surface area contributed by atoms with Crippen LogP contribution in [0.15, 0.2) is 41.7 Å². The summed E-state index contributed by atoms with van der Waals surface area (Å²) < 4.78 is 0. The second kappa shape index (κ2) is 9.10. The maximum absolute atomic E-state index is 13.0. The van der Waals surface area contributed by atoms with Crippen LogP contribution in [-0.2, 0) is 4.79 Å². The smallest absolute Gasteiger partial charge is 0.263 e. The second-order valence-corrected chi connectivity index (χ2v) is 5.60. The molecule has 0 saturated heterocycles. The summed E-state index contributed by atoms with van der Waals surface area (Å²) in [4.78, 5) is 16.6. The molecule has 23 heavy (non-hydrogen) atoms. The van der Waals surface area contributed by atoms with Gasteiger partial charge in [0, 0.05) is 30.9 Å². The summed E-state index contributed by atoms with van der Waals surface area (Å²) in [7, 11) is 3.89. The fourth-order valence-corrected chi connectivity index (χ4v) is 2.17. The van der Waals surface area contributed by atoms with Gasteiger partial charge in [0.15, 0.2) is 0 Å². The van der Waals surface area contributed by atoms with Crippen LogP contribution >= 0.6 is 0 Å². The van der Waals surface area contributed by atoms with E-state index in [2.05, 4.69) is 0 Å². The van der Waals surface area contributed by atoms with Gasteiger partial charge in [-0.3, -0.25) is 4.79 Å². The predicted molar refractivity (Wildman–Crippen MR) is 95.3 cm³/mol. The monoisotopic (exact) mass is 317 g/mol. The molecule has 0 unspecified atom stereocenters. The minimum absolute atomic E-state index is 0.0207. The minimum atomic E-state index is -0.316. The van der Waals surface area contributed by atoms with Crippen molar-refractivity contribution < 1.29 is 9.90 Å². The zero-order chi connectivity index (χ0) is 17.4. The first-order chi connectivity index (χ1) is 10.9. The van der Waals surface area contributed by atoms with Crippen molar-refractivity contribution in [3.05, 3.63) is 41.7 Å². The number of anilines is 1. The molecule has 126 valence electrons. The Kier molecular flexibility index (Phi) is 7.48. The maximum Gasteiger partial charge on any atom is 0.263 e. The number of benzene rings is 1. The van der Waals surface area contributed by atoms with Crippen molar-refractivity contribution in [3.8, 4) is 0 Å². The van der Waals surface area contributed by atoms with E-state index in [4.69, 9.17) is 5.41 Å². The van der Waals surface area contributed by atoms with E-state index in [1.807, 2.05) is 56.3 Å². The van der Waals surface area contributed by atoms with E-state index < -0.39 is 0 Å². The molecule has 0 spiro atoms. The number of amides is 1. The molecule has 0 saturated carbocycles. The van der Waals surface area contributed by atoms with Crippen LogP contribution in [0, 0.1) is 5.41 Å². The van der Waals surface area contributed by atoms with Gasteiger partial charge in [-0.2, -0.15) is 0 Å². The Labute approximate surface area is 138 Å². The van der Waals surface area contributed by atoms with E-state index in [9.17, 15) is 9.90 Å². The number of aliphatic hydroxyl groups excluding tert-OH is 1. The molecule has 5 heteroatoms. The SMILES string of the molecule is CCC(=N)C(C(=O)N(CCN(C)C)c1ccccc1)=C(O)CC. The number of nitrogens with one attached hydrogen (secondary N) is 1. The average Bonchev–Trinajstić information content (AvgIpc) is 2.55. The molecule has 0 aliphatic rings. The number of allylic oxidation sites excluding steroid dienone is 1. The molecule has 0 heterocycles. The van der Waals surface area contributed by atoms with Crippen molar-refractivity contribution in [2.24, 2.45) is 0 Å². The van der Waals surface area contributed by atoms with Crippen LogP contribution in [0.25, 0.3) is 0 Å². The molecule has 0 atom stereocenters. The van der Waals surface area contributed by atoms with Gasteiger partial charge in [-0.25, -0.2) is 0 Å². The lowest BCUT2D eigenvalue weighted by Gasteiger charge is -2.26. The number of hydrogen-bond donors (Lipinski definition) is 2. The topological polar surface area (TPSA) is 67.6 Å². The Morgan fingerprint density at radius 3 is 2.17 bits per heavy atom. The summed E-state index contributed by atoms with van der Waals surface area (Å²) in [5.74, 6) is -0.336. The van der Waals surface area contributed by atoms with Crippen molar-refractivity contribution in [2.75, 3.05) is 32.1 Å². The van der Waals surface area contributed by atoms with Gasteiger partial charge in [-0.15, -0.1) is 0 Å². The van der Waals surface area contributed by atoms with Crippen molar-refractivity contribution in [3.63, 3.8) is 0 Å². The molecule has 0 aliphatic heterocycles. The number of aliphatic hydroxyl groups is 1. The molecule has 0 bridgehead atoms. The maximum atomic E-state index is 13.0. The van der Waals surface area contributed by atoms with Gasteiger partial charge in [0.05, 0.1) is 5.57 Å². The van der Waals surface area contributed by atoms with Crippen LogP contribution in [0.3, 0.4) is 0 Å². The summed E-state index contributed by atoms with van der Waals surface area (Å²) in [6.45, 7) is 4.77. The number of para-hydroxylation sites is 1. The lowest BCUT2D eigenvalue weighted by molar-refractivity contribution is -0.114. The van der Waals surface area contributed by atoms with Crippen molar-refractivity contribution in [1.82, 2.24) is 4.90 Å². The van der Waals surface area contributed by atoms with Gasteiger partial charge >= 0.3 is 0 Å². The van der Waals surface area contributed by atoms with E-state index >= 15 is 0 Å². The highest BCUT2D eigenvalue weighted by molar-refractivity contribution is 6.25. The molecule has 1 rings (SSSR count). The van der Waals surface area contributed by atoms with Gasteiger partial charge in [0.1, 0.15) is 5.76 Å². The molecule has 1 aromatic rings. The van der Waals surface area contributed by atoms with E-state index in [1.165, 1.54) is 0 Å². The number of nitrogens with zero attached hydrogens (tertiary/aromatic N) is 2. The standard InChI is InChI=1S/C18H27N3O2/c1-5-15(19)17(16(22)6-2)18(23)21(13-12-20(3)4)14-10-8-7-9-11-14/h7-11,19,22H,5-6,12-13H2,1-4H3. The zero-order valence-corrected chi connectivity index (χ0v) is 14.5. The molecule has 0 radical (unpaired) electrons. The first-order valence-electron chi connectivity index (χ1n) is 7.93. The first kappa shape index (κ1) is 18.9. The number of hydrogen-bond acceptors (Lipinski definition) is 4. The number of rotatable bonds is 8. The lowest BCUT2D eigenvalue weighted by Crippen LogP contribution is -2.39. The minimum Gasteiger partial charge on any atom is -0.511 e. The van der Waals surface area contributed by atoms with Gasteiger partial charge in [-0.05, 0) is 32.6 Å². The summed E-state index contributed by atoms with van der Waals surface area (Å²) in [5.41, 5.74) is 1.06. The third-order valence-corrected chi connectivity index (χ3v) is 3.58. The number of carbonyl (C=O) groups is 1. The van der Waals surface area contributed by atoms with Crippen LogP contribution in [-0.4, -0.2) is 48.8 Å². The van der Waals surface area contributed by atoms with Gasteiger partial charge in [0.2, 0.25) is 0 Å². The molecule has 0 aromatic heterocycles. The highest BCUT2D eigenvalue weighted by Gasteiger charge is 2.25. The molecule has 0 aliphatic carbocycles. The summed E-state index contributed by atoms with van der Waals surface area (Å²) >= 11 is 0. The lowest BCUT2D eigenvalue weighted by atomic mass is 10.0. The van der Waals surface area contributed by atoms with Crippen LogP contribution < -0.4 is 4.90 Å². The molecular formula is C18H27N3O2. The Balaban J connectivity index is 3.23. The van der Waals surface area contributed by atoms with E-state index in [0.29, 0.717) is 25.9 Å². The molecule has 2 N–H and O–H groups in total. The summed E-state index contributed by atoms with van der Waals surface area (Å²) in [6, 6.07) is 9.37. The third-order valence-electron chi connectivity index (χ3n) is 3.58. The van der Waals surface area contributed by atoms with Crippen LogP contribution in [0.2, 0.25) is 0 Å². The quantitative estimate of drug-likeness (QED) is 0.439. The van der Waals surface area contributed by atoms with Gasteiger partial charge < -0.3 is 20.3 Å². The fourth-order valence-electron chi connectivity index (χ4n) is 2.17. The highest BCUT2D eigenvalue weighted by atomic mass is 16.3. The van der Waals surface area contributed by atoms with Crippen molar-refractivity contribution in [1.29, 1.82) is 5.41 Å². The Morgan fingerprint density at radius 2 is 1.70 bits per heavy atom. The summed E-state index contributed by atoms with van der Waals surface area (Å²) in [5, 5.41) is 18.2.